The average Bonchev–Trinajstić information content (AvgIpc) is 1.73. The maximum atomic E-state index is 14.2. The lowest BCUT2D eigenvalue weighted by atomic mass is 10.1. The molecule has 6 aromatic rings. The number of fused-ring (bicyclic) bond motifs is 4. The summed E-state index contributed by atoms with van der Waals surface area (Å²) in [6.45, 7) is 11.7. The van der Waals surface area contributed by atoms with Gasteiger partial charge in [-0.1, -0.05) is 77.9 Å². The predicted octanol–water partition coefficient (Wildman–Crippen LogP) is 9.25. The number of aryl methyl sites for hydroxylation is 1. The van der Waals surface area contributed by atoms with Crippen molar-refractivity contribution in [3.05, 3.63) is 113 Å². The number of hydrogen-bond acceptors (Lipinski definition) is 20. The van der Waals surface area contributed by atoms with Crippen LogP contribution in [0.1, 0.15) is 93.1 Å². The Morgan fingerprint density at radius 3 is 2.12 bits per heavy atom. The van der Waals surface area contributed by atoms with E-state index in [0.29, 0.717) is 47.4 Å². The Balaban J connectivity index is 1.03. The van der Waals surface area contributed by atoms with E-state index in [0.717, 1.165) is 5.56 Å². The fourth-order valence-electron chi connectivity index (χ4n) is 10.0. The molecule has 3 fully saturated rings. The smallest absolute Gasteiger partial charge is 0.338 e. The number of benzene rings is 2. The molecule has 10 rings (SSSR count). The minimum Gasteiger partial charge on any atom is -0.460 e. The minimum atomic E-state index is -4.35. The van der Waals surface area contributed by atoms with Crippen molar-refractivity contribution in [3.63, 3.8) is 0 Å². The summed E-state index contributed by atoms with van der Waals surface area (Å²) in [7, 11) is -5.59. The Hall–Kier alpha value is -4.83. The molecule has 450 valence electrons. The van der Waals surface area contributed by atoms with E-state index in [-0.39, 0.29) is 59.9 Å². The van der Waals surface area contributed by atoms with Crippen LogP contribution in [0.5, 0.6) is 0 Å². The number of imidazole rings is 1. The van der Waals surface area contributed by atoms with Crippen molar-refractivity contribution in [2.45, 2.75) is 153 Å². The van der Waals surface area contributed by atoms with Crippen LogP contribution in [0, 0.1) is 11.3 Å². The van der Waals surface area contributed by atoms with E-state index in [9.17, 15) is 24.5 Å². The second-order valence-corrected chi connectivity index (χ2v) is 39.4. The lowest BCUT2D eigenvalue weighted by Gasteiger charge is -2.41. The number of ether oxygens (including phenoxy) is 3. The first kappa shape index (κ1) is 62.2. The number of anilines is 1. The zero-order chi connectivity index (χ0) is 60.1. The molecule has 4 aliphatic rings. The van der Waals surface area contributed by atoms with Gasteiger partial charge in [-0.3, -0.25) is 32.7 Å². The van der Waals surface area contributed by atoms with Crippen molar-refractivity contribution < 1.29 is 60.2 Å². The Morgan fingerprint density at radius 1 is 0.786 bits per heavy atom. The van der Waals surface area contributed by atoms with Gasteiger partial charge in [0.15, 0.2) is 40.3 Å². The first-order valence-electron chi connectivity index (χ1n) is 27.8. The van der Waals surface area contributed by atoms with Gasteiger partial charge < -0.3 is 46.1 Å². The largest absolute Gasteiger partial charge is 0.460 e. The number of esters is 1. The second kappa shape index (κ2) is 24.4. The molecule has 2 unspecified atom stereocenters. The molecule has 2 aromatic carbocycles. The third kappa shape index (κ3) is 12.8. The van der Waals surface area contributed by atoms with Gasteiger partial charge in [-0.2, -0.15) is 5.26 Å². The van der Waals surface area contributed by atoms with Crippen LogP contribution < -0.4 is 10.5 Å². The van der Waals surface area contributed by atoms with Gasteiger partial charge in [-0.15, -0.1) is 0 Å². The zero-order valence-corrected chi connectivity index (χ0v) is 54.0. The molecular formula is C55H71N9O14P2S2Si2. The molecule has 10 atom stereocenters. The average molecular weight is 1260 g/mol. The fraction of sp³-hybridized carbons (Fsp3) is 0.527. The van der Waals surface area contributed by atoms with E-state index in [1.807, 2.05) is 29.0 Å². The number of carbonyl (C=O) groups is 2. The highest BCUT2D eigenvalue weighted by Crippen LogP contribution is 2.58. The lowest BCUT2D eigenvalue weighted by Crippen LogP contribution is -2.50. The van der Waals surface area contributed by atoms with E-state index in [4.69, 9.17) is 79.3 Å². The number of carbonyl (C=O) groups excluding carboxylic acids is 2. The van der Waals surface area contributed by atoms with Crippen molar-refractivity contribution in [2.24, 2.45) is 0 Å². The van der Waals surface area contributed by atoms with Crippen molar-refractivity contribution in [1.82, 2.24) is 33.6 Å². The summed E-state index contributed by atoms with van der Waals surface area (Å²) in [6, 6.07) is 19.7. The van der Waals surface area contributed by atoms with Crippen LogP contribution in [0.15, 0.2) is 90.6 Å². The van der Waals surface area contributed by atoms with Gasteiger partial charge in [0.05, 0.1) is 56.1 Å². The number of nitriles is 1. The summed E-state index contributed by atoms with van der Waals surface area (Å²) in [5, 5.41) is 9.77. The summed E-state index contributed by atoms with van der Waals surface area (Å²) in [4.78, 5) is 73.9. The number of amides is 1. The molecule has 4 aromatic heterocycles. The molecule has 23 nitrogen and oxygen atoms in total. The Morgan fingerprint density at radius 2 is 1.44 bits per heavy atom. The molecule has 0 spiro atoms. The summed E-state index contributed by atoms with van der Waals surface area (Å²) in [5.41, 5.74) is 1.81. The molecule has 1 N–H and O–H groups in total. The summed E-state index contributed by atoms with van der Waals surface area (Å²) in [5.74, 6) is -0.286. The molecule has 1 amide bonds. The molecule has 29 heteroatoms. The summed E-state index contributed by atoms with van der Waals surface area (Å²) in [6.07, 6.45) is -1.63. The fourth-order valence-corrected chi connectivity index (χ4v) is 16.1. The van der Waals surface area contributed by atoms with Crippen molar-refractivity contribution in [3.8, 4) is 6.07 Å². The van der Waals surface area contributed by atoms with Crippen LogP contribution >= 0.6 is 13.4 Å². The molecule has 8 heterocycles. The molecular weight excluding hydrogens is 1190 g/mol. The van der Waals surface area contributed by atoms with E-state index in [1.165, 1.54) is 28.1 Å². The monoisotopic (exact) mass is 1260 g/mol. The van der Waals surface area contributed by atoms with Gasteiger partial charge in [-0.05, 0) is 103 Å². The SMILES string of the molecule is CC(C)(C)[Si](C)(C)O[C@@H]1[C@@H]2OP(O)(=S)OC[C@H]3O[C@@H](n4cnc5c(=O)n(CCOC(=O)c6ccccc6)cnc54)[C@H](OP(=S)(OCCC#N)OC[C@H]2O[C@H]1n1cc2c4c(ncnc41)N(C(=O)c1ccccc1)CCC2)[C@@H]3O[Si](C)(C)C(C)(C)C. The van der Waals surface area contributed by atoms with Gasteiger partial charge in [0.25, 0.3) is 11.5 Å². The van der Waals surface area contributed by atoms with Crippen LogP contribution in [0.4, 0.5) is 5.82 Å². The lowest BCUT2D eigenvalue weighted by molar-refractivity contribution is -0.0619. The first-order chi connectivity index (χ1) is 39.7. The van der Waals surface area contributed by atoms with E-state index < -0.39 is 97.3 Å². The molecule has 3 saturated heterocycles. The quantitative estimate of drug-likeness (QED) is 0.0461. The number of hydrogen-bond donors (Lipinski definition) is 1. The second-order valence-electron chi connectivity index (χ2n) is 24.2. The van der Waals surface area contributed by atoms with Crippen LogP contribution in [-0.2, 0) is 82.3 Å². The molecule has 84 heavy (non-hydrogen) atoms. The van der Waals surface area contributed by atoms with Crippen LogP contribution in [0.3, 0.4) is 0 Å². The molecule has 0 aliphatic carbocycles. The zero-order valence-electron chi connectivity index (χ0n) is 48.6. The van der Waals surface area contributed by atoms with Crippen molar-refractivity contribution >= 4 is 93.6 Å². The first-order valence-corrected chi connectivity index (χ1v) is 38.8. The van der Waals surface area contributed by atoms with Gasteiger partial charge in [-0.25, -0.2) is 24.7 Å². The highest BCUT2D eigenvalue weighted by atomic mass is 32.5. The minimum absolute atomic E-state index is 0.0138. The van der Waals surface area contributed by atoms with Crippen molar-refractivity contribution in [1.29, 1.82) is 5.26 Å². The van der Waals surface area contributed by atoms with Gasteiger partial charge in [0, 0.05) is 18.3 Å². The Labute approximate surface area is 499 Å². The summed E-state index contributed by atoms with van der Waals surface area (Å²) < 4.78 is 72.1. The molecule has 0 radical (unpaired) electrons. The maximum absolute atomic E-state index is 14.2. The van der Waals surface area contributed by atoms with Crippen LogP contribution in [0.2, 0.25) is 36.3 Å². The highest BCUT2D eigenvalue weighted by Gasteiger charge is 2.57. The Bertz CT molecular complexity index is 3620. The van der Waals surface area contributed by atoms with E-state index in [1.54, 1.807) is 47.4 Å². The Kier molecular flexibility index (Phi) is 18.1. The van der Waals surface area contributed by atoms with Gasteiger partial charge in [0.2, 0.25) is 0 Å². The normalized spacial score (nSPS) is 27.1. The van der Waals surface area contributed by atoms with Crippen LogP contribution in [0.25, 0.3) is 22.2 Å². The topological polar surface area (TPSA) is 257 Å². The highest BCUT2D eigenvalue weighted by molar-refractivity contribution is 8.07. The maximum Gasteiger partial charge on any atom is 0.338 e. The summed E-state index contributed by atoms with van der Waals surface area (Å²) >= 11 is 12.3. The number of rotatable bonds is 14. The van der Waals surface area contributed by atoms with Gasteiger partial charge in [0.1, 0.15) is 67.4 Å². The van der Waals surface area contributed by atoms with E-state index >= 15 is 0 Å². The van der Waals surface area contributed by atoms with E-state index in [2.05, 4.69) is 83.8 Å². The third-order valence-corrected chi connectivity index (χ3v) is 29.4. The van der Waals surface area contributed by atoms with Crippen LogP contribution in [-0.4, -0.2) is 137 Å². The number of aromatic nitrogens is 7. The van der Waals surface area contributed by atoms with Gasteiger partial charge >= 0.3 is 19.4 Å². The predicted molar refractivity (Wildman–Crippen MR) is 323 cm³/mol. The standard InChI is InChI=1S/C55H71N9O14P2S2Si2/c1-54(2,3)83(7,8)77-43-39-30-71-79(68,81)75-42-38(73-52(45(42)78-84(9,10)55(4,5)6)63-29-37-23-17-25-62(46-40(37)47(63)58-32-57-46)49(65)35-19-13-11-14-20-35)31-72-80(82,70-27-18-24-56)76-44(43)51(74-39)64-34-59-41-48(64)60-33-61(50(41)66)26-28-69-53(67)36-21-15-12-16-22-36/h11-16,19-22,29,32-34,38-39,42-45,51-52H,17-18,23,25-28,30-31H2,1-10H3,(H,68,81)/t38-,39-,42-,43-,44-,45-,51-,52-,79?,80?/m1/s1. The van der Waals surface area contributed by atoms with Crippen molar-refractivity contribution in [2.75, 3.05) is 37.9 Å². The number of nitrogens with zero attached hydrogens (tertiary/aromatic N) is 9. The molecule has 4 aliphatic heterocycles. The third-order valence-electron chi connectivity index (χ3n) is 16.5. The molecule has 0 saturated carbocycles. The molecule has 2 bridgehead atoms.